The number of likely N-dealkylation sites (tertiary alicyclic amines) is 1. The number of hydrogen-bond donors (Lipinski definition) is 2. The van der Waals surface area contributed by atoms with Crippen molar-refractivity contribution in [2.45, 2.75) is 25.3 Å². The summed E-state index contributed by atoms with van der Waals surface area (Å²) in [7, 11) is 1.77. The average Bonchev–Trinajstić information content (AvgIpc) is 2.62. The van der Waals surface area contributed by atoms with Crippen LogP contribution in [-0.4, -0.2) is 49.4 Å². The molecule has 0 aromatic heterocycles. The number of nitrogens with one attached hydrogen (secondary N) is 2. The molecule has 0 radical (unpaired) electrons. The van der Waals surface area contributed by atoms with Gasteiger partial charge < -0.3 is 15.5 Å². The third kappa shape index (κ3) is 2.35. The van der Waals surface area contributed by atoms with Crippen molar-refractivity contribution in [1.82, 2.24) is 15.5 Å². The van der Waals surface area contributed by atoms with Gasteiger partial charge >= 0.3 is 0 Å². The summed E-state index contributed by atoms with van der Waals surface area (Å²) in [6.07, 6.45) is 2.70. The van der Waals surface area contributed by atoms with E-state index in [-0.39, 0.29) is 23.8 Å². The van der Waals surface area contributed by atoms with E-state index in [1.165, 1.54) is 0 Å². The molecule has 5 nitrogen and oxygen atoms in total. The molecule has 16 heavy (non-hydrogen) atoms. The fourth-order valence-corrected chi connectivity index (χ4v) is 2.32. The zero-order valence-corrected chi connectivity index (χ0v) is 9.66. The Labute approximate surface area is 95.6 Å². The van der Waals surface area contributed by atoms with Crippen molar-refractivity contribution in [2.75, 3.05) is 26.7 Å². The monoisotopic (exact) mass is 225 g/mol. The van der Waals surface area contributed by atoms with Crippen molar-refractivity contribution in [3.8, 4) is 0 Å². The highest BCUT2D eigenvalue weighted by atomic mass is 16.2. The van der Waals surface area contributed by atoms with E-state index < -0.39 is 0 Å². The third-order valence-corrected chi connectivity index (χ3v) is 3.41. The summed E-state index contributed by atoms with van der Waals surface area (Å²) in [5.41, 5.74) is 0. The molecule has 90 valence electrons. The number of piperidine rings is 1. The molecule has 2 saturated heterocycles. The number of nitrogens with zero attached hydrogens (tertiary/aromatic N) is 1. The lowest BCUT2D eigenvalue weighted by Gasteiger charge is -2.23. The van der Waals surface area contributed by atoms with E-state index in [0.717, 1.165) is 38.9 Å². The molecule has 2 atom stereocenters. The number of carbonyl (C=O) groups is 2. The molecule has 2 rings (SSSR count). The van der Waals surface area contributed by atoms with Gasteiger partial charge in [-0.15, -0.1) is 0 Å². The Morgan fingerprint density at radius 3 is 2.88 bits per heavy atom. The molecule has 2 heterocycles. The molecule has 0 bridgehead atoms. The van der Waals surface area contributed by atoms with E-state index in [9.17, 15) is 9.59 Å². The second-order valence-electron chi connectivity index (χ2n) is 4.65. The summed E-state index contributed by atoms with van der Waals surface area (Å²) >= 11 is 0. The Hall–Kier alpha value is -1.10. The first kappa shape index (κ1) is 11.4. The molecule has 0 aromatic carbocycles. The quantitative estimate of drug-likeness (QED) is 0.655. The predicted octanol–water partition coefficient (Wildman–Crippen LogP) is -0.667. The Morgan fingerprint density at radius 2 is 2.31 bits per heavy atom. The Bertz CT molecular complexity index is 287. The summed E-state index contributed by atoms with van der Waals surface area (Å²) < 4.78 is 0. The molecule has 2 aliphatic rings. The van der Waals surface area contributed by atoms with Crippen LogP contribution in [0.3, 0.4) is 0 Å². The van der Waals surface area contributed by atoms with Crippen LogP contribution in [0.5, 0.6) is 0 Å². The SMILES string of the molecule is CN1CCC(NC(=O)[C@H]2CCCNC2)C1=O. The van der Waals surface area contributed by atoms with Crippen LogP contribution in [0.25, 0.3) is 0 Å². The van der Waals surface area contributed by atoms with Crippen LogP contribution in [0.1, 0.15) is 19.3 Å². The zero-order valence-electron chi connectivity index (χ0n) is 9.66. The van der Waals surface area contributed by atoms with Crippen LogP contribution in [0, 0.1) is 5.92 Å². The molecule has 2 aliphatic heterocycles. The second kappa shape index (κ2) is 4.82. The van der Waals surface area contributed by atoms with Gasteiger partial charge in [0.2, 0.25) is 11.8 Å². The molecular formula is C11H19N3O2. The molecular weight excluding hydrogens is 206 g/mol. The van der Waals surface area contributed by atoms with Gasteiger partial charge in [0.05, 0.1) is 5.92 Å². The lowest BCUT2D eigenvalue weighted by atomic mass is 9.98. The van der Waals surface area contributed by atoms with E-state index >= 15 is 0 Å². The van der Waals surface area contributed by atoms with Crippen molar-refractivity contribution in [3.63, 3.8) is 0 Å². The molecule has 0 spiro atoms. The normalized spacial score (nSPS) is 30.6. The lowest BCUT2D eigenvalue weighted by Crippen LogP contribution is -2.46. The van der Waals surface area contributed by atoms with Gasteiger partial charge in [0.15, 0.2) is 0 Å². The predicted molar refractivity (Wildman–Crippen MR) is 59.8 cm³/mol. The van der Waals surface area contributed by atoms with Crippen LogP contribution in [-0.2, 0) is 9.59 Å². The topological polar surface area (TPSA) is 61.4 Å². The molecule has 2 N–H and O–H groups in total. The van der Waals surface area contributed by atoms with Crippen molar-refractivity contribution in [3.05, 3.63) is 0 Å². The molecule has 2 fully saturated rings. The number of amides is 2. The largest absolute Gasteiger partial charge is 0.344 e. The van der Waals surface area contributed by atoms with Gasteiger partial charge in [0.25, 0.3) is 0 Å². The maximum atomic E-state index is 11.9. The number of carbonyl (C=O) groups excluding carboxylic acids is 2. The van der Waals surface area contributed by atoms with Gasteiger partial charge in [0.1, 0.15) is 6.04 Å². The summed E-state index contributed by atoms with van der Waals surface area (Å²) in [5, 5.41) is 6.06. The van der Waals surface area contributed by atoms with Gasteiger partial charge in [-0.25, -0.2) is 0 Å². The van der Waals surface area contributed by atoms with Crippen LogP contribution < -0.4 is 10.6 Å². The molecule has 0 saturated carbocycles. The second-order valence-corrected chi connectivity index (χ2v) is 4.65. The van der Waals surface area contributed by atoms with Crippen LogP contribution in [0.15, 0.2) is 0 Å². The van der Waals surface area contributed by atoms with Gasteiger partial charge in [-0.05, 0) is 25.8 Å². The third-order valence-electron chi connectivity index (χ3n) is 3.41. The highest BCUT2D eigenvalue weighted by Gasteiger charge is 2.32. The van der Waals surface area contributed by atoms with E-state index in [4.69, 9.17) is 0 Å². The summed E-state index contributed by atoms with van der Waals surface area (Å²) in [4.78, 5) is 25.2. The first-order chi connectivity index (χ1) is 7.68. The van der Waals surface area contributed by atoms with E-state index in [1.54, 1.807) is 11.9 Å². The molecule has 5 heteroatoms. The first-order valence-corrected chi connectivity index (χ1v) is 5.94. The van der Waals surface area contributed by atoms with Gasteiger partial charge in [0, 0.05) is 20.1 Å². The van der Waals surface area contributed by atoms with Gasteiger partial charge in [-0.3, -0.25) is 9.59 Å². The van der Waals surface area contributed by atoms with Crippen molar-refractivity contribution >= 4 is 11.8 Å². The fraction of sp³-hybridized carbons (Fsp3) is 0.818. The summed E-state index contributed by atoms with van der Waals surface area (Å²) in [6.45, 7) is 2.48. The Morgan fingerprint density at radius 1 is 1.50 bits per heavy atom. The number of likely N-dealkylation sites (N-methyl/N-ethyl adjacent to an activating group) is 1. The number of rotatable bonds is 2. The van der Waals surface area contributed by atoms with Crippen LogP contribution in [0.2, 0.25) is 0 Å². The Balaban J connectivity index is 1.84. The maximum Gasteiger partial charge on any atom is 0.244 e. The molecule has 2 amide bonds. The van der Waals surface area contributed by atoms with Crippen LogP contribution >= 0.6 is 0 Å². The molecule has 1 unspecified atom stereocenters. The summed E-state index contributed by atoms with van der Waals surface area (Å²) in [6, 6.07) is -0.292. The van der Waals surface area contributed by atoms with Gasteiger partial charge in [-0.2, -0.15) is 0 Å². The highest BCUT2D eigenvalue weighted by molar-refractivity contribution is 5.89. The maximum absolute atomic E-state index is 11.9. The minimum absolute atomic E-state index is 0.0286. The first-order valence-electron chi connectivity index (χ1n) is 5.94. The van der Waals surface area contributed by atoms with Gasteiger partial charge in [-0.1, -0.05) is 0 Å². The Kier molecular flexibility index (Phi) is 3.43. The van der Waals surface area contributed by atoms with E-state index in [0.29, 0.717) is 0 Å². The highest BCUT2D eigenvalue weighted by Crippen LogP contribution is 2.13. The van der Waals surface area contributed by atoms with E-state index in [2.05, 4.69) is 10.6 Å². The minimum atomic E-state index is -0.292. The summed E-state index contributed by atoms with van der Waals surface area (Å²) in [5.74, 6) is 0.102. The van der Waals surface area contributed by atoms with Crippen LogP contribution in [0.4, 0.5) is 0 Å². The van der Waals surface area contributed by atoms with Crippen molar-refractivity contribution in [2.24, 2.45) is 5.92 Å². The van der Waals surface area contributed by atoms with E-state index in [1.807, 2.05) is 0 Å². The molecule has 0 aliphatic carbocycles. The lowest BCUT2D eigenvalue weighted by molar-refractivity contribution is -0.133. The smallest absolute Gasteiger partial charge is 0.244 e. The van der Waals surface area contributed by atoms with Crippen molar-refractivity contribution in [1.29, 1.82) is 0 Å². The van der Waals surface area contributed by atoms with Crippen molar-refractivity contribution < 1.29 is 9.59 Å². The average molecular weight is 225 g/mol. The number of hydrogen-bond acceptors (Lipinski definition) is 3. The zero-order chi connectivity index (χ0) is 11.5. The standard InChI is InChI=1S/C11H19N3O2/c1-14-6-4-9(11(14)16)13-10(15)8-3-2-5-12-7-8/h8-9,12H,2-7H2,1H3,(H,13,15)/t8-,9?/m0/s1. The minimum Gasteiger partial charge on any atom is -0.344 e. The fourth-order valence-electron chi connectivity index (χ4n) is 2.32. The molecule has 0 aromatic rings.